The van der Waals surface area contributed by atoms with E-state index in [1.54, 1.807) is 18.2 Å². The SMILES string of the molecule is CONc1cccc(C(N)=O)c1N=C(N)C1CCNCC1. The predicted molar refractivity (Wildman–Crippen MR) is 82.5 cm³/mol. The molecule has 1 aromatic rings. The van der Waals surface area contributed by atoms with Crippen LogP contribution in [0.1, 0.15) is 23.2 Å². The number of hydrogen-bond donors (Lipinski definition) is 4. The molecular weight excluding hydrogens is 270 g/mol. The minimum absolute atomic E-state index is 0.211. The van der Waals surface area contributed by atoms with Crippen molar-refractivity contribution in [1.82, 2.24) is 5.32 Å². The standard InChI is InChI=1S/C14H21N5O2/c1-21-19-11-4-2-3-10(14(16)20)12(11)18-13(15)9-5-7-17-8-6-9/h2-4,9,17,19H,5-8H2,1H3,(H2,15,18)(H2,16,20). The number of carbonyl (C=O) groups excluding carboxylic acids is 1. The van der Waals surface area contributed by atoms with E-state index in [0.717, 1.165) is 25.9 Å². The Kier molecular flexibility index (Phi) is 5.13. The van der Waals surface area contributed by atoms with Crippen molar-refractivity contribution in [3.05, 3.63) is 23.8 Å². The lowest BCUT2D eigenvalue weighted by Gasteiger charge is -2.22. The molecule has 0 atom stereocenters. The van der Waals surface area contributed by atoms with Gasteiger partial charge in [-0.2, -0.15) is 0 Å². The Morgan fingerprint density at radius 3 is 2.71 bits per heavy atom. The molecule has 0 radical (unpaired) electrons. The van der Waals surface area contributed by atoms with Gasteiger partial charge >= 0.3 is 0 Å². The van der Waals surface area contributed by atoms with E-state index in [2.05, 4.69) is 15.8 Å². The molecule has 0 saturated carbocycles. The van der Waals surface area contributed by atoms with Crippen molar-refractivity contribution in [3.63, 3.8) is 0 Å². The number of hydrogen-bond acceptors (Lipinski definition) is 5. The number of nitrogens with one attached hydrogen (secondary N) is 2. The number of primary amides is 1. The van der Waals surface area contributed by atoms with E-state index < -0.39 is 5.91 Å². The van der Waals surface area contributed by atoms with E-state index in [1.165, 1.54) is 7.11 Å². The van der Waals surface area contributed by atoms with Crippen molar-refractivity contribution < 1.29 is 9.63 Å². The van der Waals surface area contributed by atoms with Crippen LogP contribution in [0.25, 0.3) is 0 Å². The number of nitrogens with two attached hydrogens (primary N) is 2. The van der Waals surface area contributed by atoms with Crippen LogP contribution < -0.4 is 22.3 Å². The van der Waals surface area contributed by atoms with Gasteiger partial charge in [0.05, 0.1) is 18.4 Å². The van der Waals surface area contributed by atoms with Gasteiger partial charge in [0.25, 0.3) is 5.91 Å². The number of para-hydroxylation sites is 1. The highest BCUT2D eigenvalue weighted by Gasteiger charge is 2.19. The van der Waals surface area contributed by atoms with Crippen LogP contribution in [-0.4, -0.2) is 31.9 Å². The summed E-state index contributed by atoms with van der Waals surface area (Å²) in [4.78, 5) is 20.9. The molecular formula is C14H21N5O2. The van der Waals surface area contributed by atoms with Gasteiger partial charge in [0, 0.05) is 5.92 Å². The monoisotopic (exact) mass is 291 g/mol. The van der Waals surface area contributed by atoms with Crippen molar-refractivity contribution >= 4 is 23.1 Å². The van der Waals surface area contributed by atoms with Crippen LogP contribution in [-0.2, 0) is 4.84 Å². The Morgan fingerprint density at radius 2 is 2.10 bits per heavy atom. The minimum atomic E-state index is -0.549. The fourth-order valence-corrected chi connectivity index (χ4v) is 2.39. The summed E-state index contributed by atoms with van der Waals surface area (Å²) in [7, 11) is 1.49. The molecule has 0 aliphatic carbocycles. The topological polar surface area (TPSA) is 115 Å². The Hall–Kier alpha value is -2.12. The van der Waals surface area contributed by atoms with Gasteiger partial charge in [0.1, 0.15) is 11.5 Å². The summed E-state index contributed by atoms with van der Waals surface area (Å²) in [6.07, 6.45) is 1.86. The number of carbonyl (C=O) groups is 1. The van der Waals surface area contributed by atoms with Gasteiger partial charge in [0.2, 0.25) is 0 Å². The zero-order valence-corrected chi connectivity index (χ0v) is 12.1. The normalized spacial score (nSPS) is 16.7. The van der Waals surface area contributed by atoms with Crippen molar-refractivity contribution in [2.24, 2.45) is 22.4 Å². The summed E-state index contributed by atoms with van der Waals surface area (Å²) < 4.78 is 0. The number of amidine groups is 1. The molecule has 0 unspecified atom stereocenters. The first-order chi connectivity index (χ1) is 10.1. The van der Waals surface area contributed by atoms with Crippen LogP contribution in [0, 0.1) is 5.92 Å². The molecule has 0 bridgehead atoms. The van der Waals surface area contributed by atoms with Crippen LogP contribution >= 0.6 is 0 Å². The third-order valence-electron chi connectivity index (χ3n) is 3.51. The second-order valence-corrected chi connectivity index (χ2v) is 4.93. The maximum Gasteiger partial charge on any atom is 0.250 e. The maximum atomic E-state index is 11.6. The van der Waals surface area contributed by atoms with Crippen LogP contribution in [0.4, 0.5) is 11.4 Å². The molecule has 0 spiro atoms. The Bertz CT molecular complexity index is 538. The van der Waals surface area contributed by atoms with Gasteiger partial charge in [-0.3, -0.25) is 15.1 Å². The summed E-state index contributed by atoms with van der Waals surface area (Å²) in [5.41, 5.74) is 15.5. The quantitative estimate of drug-likeness (QED) is 0.363. The molecule has 1 amide bonds. The zero-order valence-electron chi connectivity index (χ0n) is 12.1. The second-order valence-electron chi connectivity index (χ2n) is 4.93. The molecule has 6 N–H and O–H groups in total. The summed E-state index contributed by atoms with van der Waals surface area (Å²) in [6, 6.07) is 5.09. The number of nitrogens with zero attached hydrogens (tertiary/aromatic N) is 1. The van der Waals surface area contributed by atoms with Crippen LogP contribution in [0.2, 0.25) is 0 Å². The van der Waals surface area contributed by atoms with Gasteiger partial charge in [0.15, 0.2) is 0 Å². The van der Waals surface area contributed by atoms with Gasteiger partial charge in [-0.05, 0) is 38.1 Å². The van der Waals surface area contributed by atoms with Crippen molar-refractivity contribution in [2.45, 2.75) is 12.8 Å². The summed E-state index contributed by atoms with van der Waals surface area (Å²) in [6.45, 7) is 1.84. The number of anilines is 1. The zero-order chi connectivity index (χ0) is 15.2. The van der Waals surface area contributed by atoms with E-state index in [9.17, 15) is 4.79 Å². The van der Waals surface area contributed by atoms with Crippen LogP contribution in [0.3, 0.4) is 0 Å². The smallest absolute Gasteiger partial charge is 0.250 e. The number of piperidine rings is 1. The molecule has 1 heterocycles. The number of benzene rings is 1. The van der Waals surface area contributed by atoms with Crippen LogP contribution in [0.5, 0.6) is 0 Å². The van der Waals surface area contributed by atoms with Crippen molar-refractivity contribution in [1.29, 1.82) is 0 Å². The average Bonchev–Trinajstić information content (AvgIpc) is 2.49. The van der Waals surface area contributed by atoms with E-state index >= 15 is 0 Å². The van der Waals surface area contributed by atoms with Gasteiger partial charge in [-0.15, -0.1) is 0 Å². The van der Waals surface area contributed by atoms with E-state index in [-0.39, 0.29) is 5.92 Å². The largest absolute Gasteiger partial charge is 0.387 e. The van der Waals surface area contributed by atoms with E-state index in [4.69, 9.17) is 16.3 Å². The first-order valence-electron chi connectivity index (χ1n) is 6.90. The lowest BCUT2D eigenvalue weighted by Crippen LogP contribution is -2.35. The van der Waals surface area contributed by atoms with Gasteiger partial charge in [-0.25, -0.2) is 4.99 Å². The first kappa shape index (κ1) is 15.3. The van der Waals surface area contributed by atoms with Gasteiger partial charge < -0.3 is 16.8 Å². The minimum Gasteiger partial charge on any atom is -0.387 e. The summed E-state index contributed by atoms with van der Waals surface area (Å²) in [5, 5.41) is 3.28. The molecule has 0 aromatic heterocycles. The molecule has 1 aromatic carbocycles. The molecule has 1 aliphatic rings. The van der Waals surface area contributed by atoms with Crippen molar-refractivity contribution in [2.75, 3.05) is 25.7 Å². The molecule has 1 aliphatic heterocycles. The Labute approximate surface area is 123 Å². The highest BCUT2D eigenvalue weighted by Crippen LogP contribution is 2.30. The van der Waals surface area contributed by atoms with Crippen molar-refractivity contribution in [3.8, 4) is 0 Å². The van der Waals surface area contributed by atoms with Crippen LogP contribution in [0.15, 0.2) is 23.2 Å². The predicted octanol–water partition coefficient (Wildman–Crippen LogP) is 0.747. The molecule has 7 heteroatoms. The maximum absolute atomic E-state index is 11.6. The third kappa shape index (κ3) is 3.71. The van der Waals surface area contributed by atoms with E-state index in [1.807, 2.05) is 0 Å². The molecule has 1 fully saturated rings. The second kappa shape index (κ2) is 7.05. The molecule has 2 rings (SSSR count). The van der Waals surface area contributed by atoms with Gasteiger partial charge in [-0.1, -0.05) is 6.07 Å². The molecule has 7 nitrogen and oxygen atoms in total. The molecule has 21 heavy (non-hydrogen) atoms. The highest BCUT2D eigenvalue weighted by atomic mass is 16.6. The fourth-order valence-electron chi connectivity index (χ4n) is 2.39. The first-order valence-corrected chi connectivity index (χ1v) is 6.90. The number of amides is 1. The summed E-state index contributed by atoms with van der Waals surface area (Å²) in [5.74, 6) is 0.179. The Morgan fingerprint density at radius 1 is 1.38 bits per heavy atom. The lowest BCUT2D eigenvalue weighted by atomic mass is 9.97. The molecule has 1 saturated heterocycles. The average molecular weight is 291 g/mol. The summed E-state index contributed by atoms with van der Waals surface area (Å²) >= 11 is 0. The number of aliphatic imine (C=N–C) groups is 1. The third-order valence-corrected chi connectivity index (χ3v) is 3.51. The van der Waals surface area contributed by atoms with E-state index in [0.29, 0.717) is 22.8 Å². The Balaban J connectivity index is 2.37. The molecule has 114 valence electrons. The lowest BCUT2D eigenvalue weighted by molar-refractivity contribution is 0.100. The number of rotatable bonds is 5. The fraction of sp³-hybridized carbons (Fsp3) is 0.429. The highest BCUT2D eigenvalue weighted by molar-refractivity contribution is 6.02.